The van der Waals surface area contributed by atoms with E-state index in [2.05, 4.69) is 0 Å². The van der Waals surface area contributed by atoms with Gasteiger partial charge in [0, 0.05) is 42.6 Å². The van der Waals surface area contributed by atoms with Crippen LogP contribution in [0.1, 0.15) is 28.8 Å². The van der Waals surface area contributed by atoms with Gasteiger partial charge in [-0.25, -0.2) is 0 Å². The summed E-state index contributed by atoms with van der Waals surface area (Å²) < 4.78 is 12.5. The summed E-state index contributed by atoms with van der Waals surface area (Å²) >= 11 is 0. The Labute approximate surface area is 178 Å². The largest absolute Gasteiger partial charge is 0.493 e. The first-order chi connectivity index (χ1) is 15.1. The number of ketones is 1. The summed E-state index contributed by atoms with van der Waals surface area (Å²) in [5.41, 5.74) is 2.15. The monoisotopic (exact) mass is 418 g/mol. The van der Waals surface area contributed by atoms with Crippen molar-refractivity contribution in [2.45, 2.75) is 19.4 Å². The first-order valence-electron chi connectivity index (χ1n) is 10.3. The van der Waals surface area contributed by atoms with Gasteiger partial charge >= 0.3 is 0 Å². The summed E-state index contributed by atoms with van der Waals surface area (Å²) in [6.45, 7) is 1.40. The average Bonchev–Trinajstić information content (AvgIpc) is 3.33. The first-order valence-corrected chi connectivity index (χ1v) is 10.3. The third-order valence-electron chi connectivity index (χ3n) is 6.20. The lowest BCUT2D eigenvalue weighted by Gasteiger charge is -2.20. The van der Waals surface area contributed by atoms with Crippen LogP contribution in [0.25, 0.3) is 22.0 Å². The molecule has 0 bridgehead atoms. The van der Waals surface area contributed by atoms with Crippen LogP contribution in [0.2, 0.25) is 0 Å². The van der Waals surface area contributed by atoms with Gasteiger partial charge in [-0.05, 0) is 18.6 Å². The lowest BCUT2D eigenvalue weighted by Crippen LogP contribution is -2.33. The average molecular weight is 418 g/mol. The number of aromatic nitrogens is 1. The summed E-state index contributed by atoms with van der Waals surface area (Å²) in [4.78, 5) is 41.0. The maximum Gasteiger partial charge on any atom is 0.262 e. The van der Waals surface area contributed by atoms with E-state index in [-0.39, 0.29) is 17.2 Å². The van der Waals surface area contributed by atoms with Crippen LogP contribution >= 0.6 is 0 Å². The van der Waals surface area contributed by atoms with Gasteiger partial charge in [0.25, 0.3) is 5.56 Å². The van der Waals surface area contributed by atoms with Crippen molar-refractivity contribution < 1.29 is 19.1 Å². The smallest absolute Gasteiger partial charge is 0.262 e. The molecule has 7 nitrogen and oxygen atoms in total. The minimum absolute atomic E-state index is 0.0983. The van der Waals surface area contributed by atoms with Gasteiger partial charge in [0.15, 0.2) is 17.3 Å². The van der Waals surface area contributed by atoms with Gasteiger partial charge in [-0.2, -0.15) is 0 Å². The molecule has 7 heteroatoms. The molecule has 0 spiro atoms. The molecule has 0 radical (unpaired) electrons. The number of benzene rings is 2. The minimum Gasteiger partial charge on any atom is -0.493 e. The molecule has 1 fully saturated rings. The number of amides is 1. The van der Waals surface area contributed by atoms with Crippen molar-refractivity contribution in [1.82, 2.24) is 9.47 Å². The number of rotatable bonds is 5. The molecular formula is C24H22N2O5. The van der Waals surface area contributed by atoms with Crippen molar-refractivity contribution in [2.24, 2.45) is 0 Å². The Morgan fingerprint density at radius 2 is 1.71 bits per heavy atom. The van der Waals surface area contributed by atoms with Crippen LogP contribution < -0.4 is 15.0 Å². The second kappa shape index (κ2) is 7.27. The van der Waals surface area contributed by atoms with Gasteiger partial charge in [-0.1, -0.05) is 24.3 Å². The number of carbonyl (C=O) groups is 2. The number of ether oxygens (including phenoxy) is 2. The minimum atomic E-state index is -0.263. The maximum absolute atomic E-state index is 13.8. The first kappa shape index (κ1) is 19.4. The van der Waals surface area contributed by atoms with Crippen molar-refractivity contribution in [3.05, 3.63) is 57.9 Å². The molecule has 3 aromatic rings. The molecule has 5 rings (SSSR count). The van der Waals surface area contributed by atoms with Crippen molar-refractivity contribution in [1.29, 1.82) is 0 Å². The predicted octanol–water partition coefficient (Wildman–Crippen LogP) is 2.85. The highest BCUT2D eigenvalue weighted by molar-refractivity contribution is 6.27. The van der Waals surface area contributed by atoms with Crippen LogP contribution in [0.3, 0.4) is 0 Å². The normalized spacial score (nSPS) is 14.8. The number of hydrogen-bond donors (Lipinski definition) is 0. The zero-order valence-electron chi connectivity index (χ0n) is 17.4. The standard InChI is InChI=1S/C24H22N2O5/c1-30-17-10-9-16-19-21(14-6-3-4-7-15(14)22(19)28)26(24(29)20(16)23(17)31-2)13-12-25-11-5-8-18(25)27/h3-4,6-7,9-10H,5,8,11-13H2,1-2H3. The predicted molar refractivity (Wildman–Crippen MR) is 116 cm³/mol. The SMILES string of the molecule is COc1ccc2c3c(n(CCN4CCCC4=O)c(=O)c2c1OC)-c1ccccc1C3=O. The van der Waals surface area contributed by atoms with Gasteiger partial charge in [0.2, 0.25) is 5.91 Å². The lowest BCUT2D eigenvalue weighted by atomic mass is 10.0. The van der Waals surface area contributed by atoms with E-state index in [1.54, 1.807) is 27.7 Å². The fourth-order valence-electron chi connectivity index (χ4n) is 4.75. The van der Waals surface area contributed by atoms with E-state index in [1.165, 1.54) is 14.2 Å². The molecule has 1 aromatic heterocycles. The number of hydrogen-bond acceptors (Lipinski definition) is 5. The van der Waals surface area contributed by atoms with E-state index in [0.717, 1.165) is 12.0 Å². The lowest BCUT2D eigenvalue weighted by molar-refractivity contribution is -0.127. The molecule has 1 aliphatic carbocycles. The Bertz CT molecular complexity index is 1310. The topological polar surface area (TPSA) is 77.8 Å². The fraction of sp³-hybridized carbons (Fsp3) is 0.292. The molecule has 0 unspecified atom stereocenters. The van der Waals surface area contributed by atoms with E-state index < -0.39 is 0 Å². The summed E-state index contributed by atoms with van der Waals surface area (Å²) in [5.74, 6) is 0.717. The van der Waals surface area contributed by atoms with E-state index in [0.29, 0.717) is 65.1 Å². The third kappa shape index (κ3) is 2.76. The highest BCUT2D eigenvalue weighted by Crippen LogP contribution is 2.43. The Morgan fingerprint density at radius 1 is 0.935 bits per heavy atom. The van der Waals surface area contributed by atoms with Crippen molar-refractivity contribution in [3.8, 4) is 22.8 Å². The van der Waals surface area contributed by atoms with Crippen LogP contribution in [0, 0.1) is 0 Å². The molecule has 0 N–H and O–H groups in total. The summed E-state index contributed by atoms with van der Waals surface area (Å²) in [5, 5.41) is 0.863. The molecule has 31 heavy (non-hydrogen) atoms. The van der Waals surface area contributed by atoms with E-state index in [9.17, 15) is 14.4 Å². The second-order valence-electron chi connectivity index (χ2n) is 7.76. The maximum atomic E-state index is 13.8. The zero-order chi connectivity index (χ0) is 21.7. The molecular weight excluding hydrogens is 396 g/mol. The van der Waals surface area contributed by atoms with Gasteiger partial charge in [-0.3, -0.25) is 14.4 Å². The third-order valence-corrected chi connectivity index (χ3v) is 6.20. The van der Waals surface area contributed by atoms with Gasteiger partial charge in [-0.15, -0.1) is 0 Å². The zero-order valence-corrected chi connectivity index (χ0v) is 17.4. The molecule has 1 amide bonds. The number of carbonyl (C=O) groups excluding carboxylic acids is 2. The Kier molecular flexibility index (Phi) is 4.54. The highest BCUT2D eigenvalue weighted by Gasteiger charge is 2.34. The molecule has 1 aliphatic heterocycles. The van der Waals surface area contributed by atoms with Crippen LogP contribution in [-0.2, 0) is 11.3 Å². The van der Waals surface area contributed by atoms with Crippen LogP contribution in [0.4, 0.5) is 0 Å². The second-order valence-corrected chi connectivity index (χ2v) is 7.76. The molecule has 158 valence electrons. The van der Waals surface area contributed by atoms with Gasteiger partial charge in [0.1, 0.15) is 0 Å². The number of nitrogens with zero attached hydrogens (tertiary/aromatic N) is 2. The van der Waals surface area contributed by atoms with Crippen molar-refractivity contribution in [2.75, 3.05) is 27.3 Å². The number of fused-ring (bicyclic) bond motifs is 5. The highest BCUT2D eigenvalue weighted by atomic mass is 16.5. The summed E-state index contributed by atoms with van der Waals surface area (Å²) in [6, 6.07) is 10.8. The van der Waals surface area contributed by atoms with E-state index in [1.807, 2.05) is 18.2 Å². The molecule has 2 aliphatic rings. The fourth-order valence-corrected chi connectivity index (χ4v) is 4.75. The number of pyridine rings is 1. The molecule has 1 saturated heterocycles. The Morgan fingerprint density at radius 3 is 2.39 bits per heavy atom. The van der Waals surface area contributed by atoms with Crippen LogP contribution in [0.15, 0.2) is 41.2 Å². The number of likely N-dealkylation sites (tertiary alicyclic amines) is 1. The van der Waals surface area contributed by atoms with Crippen molar-refractivity contribution >= 4 is 22.5 Å². The van der Waals surface area contributed by atoms with Gasteiger partial charge in [0.05, 0.1) is 30.9 Å². The Hall–Kier alpha value is -3.61. The summed E-state index contributed by atoms with van der Waals surface area (Å²) in [7, 11) is 2.99. The van der Waals surface area contributed by atoms with E-state index >= 15 is 0 Å². The quantitative estimate of drug-likeness (QED) is 0.498. The molecule has 2 heterocycles. The van der Waals surface area contributed by atoms with E-state index in [4.69, 9.17) is 9.47 Å². The number of methoxy groups -OCH3 is 2. The van der Waals surface area contributed by atoms with Crippen molar-refractivity contribution in [3.63, 3.8) is 0 Å². The molecule has 0 atom stereocenters. The van der Waals surface area contributed by atoms with Gasteiger partial charge < -0.3 is 18.9 Å². The Balaban J connectivity index is 1.80. The summed E-state index contributed by atoms with van der Waals surface area (Å²) in [6.07, 6.45) is 1.37. The molecule has 0 saturated carbocycles. The van der Waals surface area contributed by atoms with Crippen LogP contribution in [-0.4, -0.2) is 48.5 Å². The molecule has 2 aromatic carbocycles. The van der Waals surface area contributed by atoms with Crippen LogP contribution in [0.5, 0.6) is 11.5 Å².